The third-order valence-electron chi connectivity index (χ3n) is 4.93. The molecule has 2 amide bonds. The molecule has 0 aliphatic carbocycles. The van der Waals surface area contributed by atoms with Crippen molar-refractivity contribution >= 4 is 17.5 Å². The molecule has 1 heterocycles. The lowest BCUT2D eigenvalue weighted by Crippen LogP contribution is -2.30. The average Bonchev–Trinajstić information content (AvgIpc) is 3.22. The van der Waals surface area contributed by atoms with Crippen LogP contribution in [0.15, 0.2) is 54.6 Å². The van der Waals surface area contributed by atoms with E-state index in [2.05, 4.69) is 5.32 Å². The topological polar surface area (TPSA) is 75.4 Å². The zero-order valence-electron chi connectivity index (χ0n) is 15.0. The molecule has 3 rings (SSSR count). The third kappa shape index (κ3) is 4.11. The Labute approximate surface area is 154 Å². The minimum atomic E-state index is -0.372. The maximum atomic E-state index is 12.5. The van der Waals surface area contributed by atoms with Crippen LogP contribution in [0.1, 0.15) is 41.7 Å². The van der Waals surface area contributed by atoms with E-state index in [0.717, 1.165) is 31.5 Å². The number of benzene rings is 2. The Balaban J connectivity index is 1.61. The van der Waals surface area contributed by atoms with Crippen molar-refractivity contribution in [2.24, 2.45) is 11.7 Å². The molecule has 1 aliphatic rings. The number of carbonyl (C=O) groups is 2. The number of hydrogen-bond acceptors (Lipinski definition) is 3. The number of nitrogens with one attached hydrogen (secondary N) is 1. The van der Waals surface area contributed by atoms with E-state index in [1.165, 1.54) is 0 Å². The standard InChI is InChI=1S/C21H25N3O2/c1-15(19(22)16-7-3-2-4-8-16)20(25)23-18-11-9-17(10-12-18)21(26)24-13-5-6-14-24/h2-4,7-12,15,19H,5-6,13-14,22H2,1H3,(H,23,25). The van der Waals surface area contributed by atoms with E-state index < -0.39 is 0 Å². The first-order valence-electron chi connectivity index (χ1n) is 9.07. The molecular weight excluding hydrogens is 326 g/mol. The quantitative estimate of drug-likeness (QED) is 0.868. The molecule has 0 bridgehead atoms. The minimum Gasteiger partial charge on any atom is -0.339 e. The van der Waals surface area contributed by atoms with Crippen LogP contribution in [-0.4, -0.2) is 29.8 Å². The van der Waals surface area contributed by atoms with Crippen LogP contribution in [0.25, 0.3) is 0 Å². The van der Waals surface area contributed by atoms with Gasteiger partial charge in [-0.25, -0.2) is 0 Å². The second-order valence-corrected chi connectivity index (χ2v) is 6.79. The predicted octanol–water partition coefficient (Wildman–Crippen LogP) is 3.20. The highest BCUT2D eigenvalue weighted by Gasteiger charge is 2.23. The van der Waals surface area contributed by atoms with E-state index in [0.29, 0.717) is 11.3 Å². The van der Waals surface area contributed by atoms with Gasteiger partial charge in [-0.15, -0.1) is 0 Å². The number of nitrogens with two attached hydrogens (primary N) is 1. The molecule has 0 radical (unpaired) electrons. The molecule has 5 heteroatoms. The van der Waals surface area contributed by atoms with E-state index in [4.69, 9.17) is 5.73 Å². The number of anilines is 1. The summed E-state index contributed by atoms with van der Waals surface area (Å²) in [5, 5.41) is 2.88. The SMILES string of the molecule is CC(C(=O)Nc1ccc(C(=O)N2CCCC2)cc1)C(N)c1ccccc1. The zero-order valence-corrected chi connectivity index (χ0v) is 15.0. The molecule has 1 saturated heterocycles. The largest absolute Gasteiger partial charge is 0.339 e. The van der Waals surface area contributed by atoms with Gasteiger partial charge < -0.3 is 16.0 Å². The van der Waals surface area contributed by atoms with E-state index >= 15 is 0 Å². The van der Waals surface area contributed by atoms with Crippen molar-refractivity contribution in [1.82, 2.24) is 4.90 Å². The molecule has 2 unspecified atom stereocenters. The highest BCUT2D eigenvalue weighted by molar-refractivity contribution is 5.96. The van der Waals surface area contributed by atoms with Crippen molar-refractivity contribution in [2.45, 2.75) is 25.8 Å². The van der Waals surface area contributed by atoms with Crippen molar-refractivity contribution in [1.29, 1.82) is 0 Å². The Bertz CT molecular complexity index is 753. The fraction of sp³-hybridized carbons (Fsp3) is 0.333. The van der Waals surface area contributed by atoms with Gasteiger partial charge in [0.2, 0.25) is 5.91 Å². The number of nitrogens with zero attached hydrogens (tertiary/aromatic N) is 1. The van der Waals surface area contributed by atoms with E-state index in [1.54, 1.807) is 24.3 Å². The molecule has 5 nitrogen and oxygen atoms in total. The Morgan fingerprint density at radius 3 is 2.23 bits per heavy atom. The number of amides is 2. The first kappa shape index (κ1) is 18.1. The van der Waals surface area contributed by atoms with Gasteiger partial charge in [0.1, 0.15) is 0 Å². The first-order valence-corrected chi connectivity index (χ1v) is 9.07. The lowest BCUT2D eigenvalue weighted by Gasteiger charge is -2.20. The fourth-order valence-electron chi connectivity index (χ4n) is 3.18. The highest BCUT2D eigenvalue weighted by atomic mass is 16.2. The summed E-state index contributed by atoms with van der Waals surface area (Å²) in [6.45, 7) is 3.47. The number of rotatable bonds is 5. The van der Waals surface area contributed by atoms with Gasteiger partial charge in [0.25, 0.3) is 5.91 Å². The van der Waals surface area contributed by atoms with Gasteiger partial charge in [0, 0.05) is 30.4 Å². The van der Waals surface area contributed by atoms with Crippen LogP contribution in [-0.2, 0) is 4.79 Å². The Kier molecular flexibility index (Phi) is 5.68. The lowest BCUT2D eigenvalue weighted by atomic mass is 9.94. The van der Waals surface area contributed by atoms with E-state index in [-0.39, 0.29) is 23.8 Å². The van der Waals surface area contributed by atoms with E-state index in [9.17, 15) is 9.59 Å². The van der Waals surface area contributed by atoms with Gasteiger partial charge in [0.15, 0.2) is 0 Å². The summed E-state index contributed by atoms with van der Waals surface area (Å²) in [7, 11) is 0. The van der Waals surface area contributed by atoms with Crippen LogP contribution in [0.3, 0.4) is 0 Å². The molecule has 2 aromatic rings. The van der Waals surface area contributed by atoms with Crippen molar-refractivity contribution in [3.63, 3.8) is 0 Å². The molecule has 26 heavy (non-hydrogen) atoms. The van der Waals surface area contributed by atoms with Crippen LogP contribution in [0.2, 0.25) is 0 Å². The summed E-state index contributed by atoms with van der Waals surface area (Å²) in [5.74, 6) is -0.455. The zero-order chi connectivity index (χ0) is 18.5. The molecule has 0 aromatic heterocycles. The minimum absolute atomic E-state index is 0.0554. The summed E-state index contributed by atoms with van der Waals surface area (Å²) in [5.41, 5.74) is 8.47. The third-order valence-corrected chi connectivity index (χ3v) is 4.93. The number of carbonyl (C=O) groups excluding carboxylic acids is 2. The van der Waals surface area contributed by atoms with Gasteiger partial charge in [0.05, 0.1) is 5.92 Å². The first-order chi connectivity index (χ1) is 12.6. The van der Waals surface area contributed by atoms with Crippen LogP contribution < -0.4 is 11.1 Å². The van der Waals surface area contributed by atoms with Crippen molar-refractivity contribution in [2.75, 3.05) is 18.4 Å². The monoisotopic (exact) mass is 351 g/mol. The van der Waals surface area contributed by atoms with E-state index in [1.807, 2.05) is 42.2 Å². The maximum absolute atomic E-state index is 12.5. The van der Waals surface area contributed by atoms with Gasteiger partial charge in [-0.2, -0.15) is 0 Å². The molecule has 2 atom stereocenters. The highest BCUT2D eigenvalue weighted by Crippen LogP contribution is 2.21. The summed E-state index contributed by atoms with van der Waals surface area (Å²) in [4.78, 5) is 26.7. The summed E-state index contributed by atoms with van der Waals surface area (Å²) >= 11 is 0. The van der Waals surface area contributed by atoms with Gasteiger partial charge in [-0.3, -0.25) is 9.59 Å². The number of likely N-dealkylation sites (tertiary alicyclic amines) is 1. The molecule has 3 N–H and O–H groups in total. The second-order valence-electron chi connectivity index (χ2n) is 6.79. The molecule has 0 saturated carbocycles. The molecule has 136 valence electrons. The number of hydrogen-bond donors (Lipinski definition) is 2. The van der Waals surface area contributed by atoms with Gasteiger partial charge in [-0.05, 0) is 42.7 Å². The van der Waals surface area contributed by atoms with Crippen LogP contribution >= 0.6 is 0 Å². The normalized spacial score (nSPS) is 16.2. The van der Waals surface area contributed by atoms with Gasteiger partial charge in [-0.1, -0.05) is 37.3 Å². The summed E-state index contributed by atoms with van der Waals surface area (Å²) < 4.78 is 0. The average molecular weight is 351 g/mol. The molecule has 2 aromatic carbocycles. The molecule has 1 aliphatic heterocycles. The Morgan fingerprint density at radius 2 is 1.62 bits per heavy atom. The van der Waals surface area contributed by atoms with Crippen molar-refractivity contribution < 1.29 is 9.59 Å². The molecular formula is C21H25N3O2. The maximum Gasteiger partial charge on any atom is 0.253 e. The van der Waals surface area contributed by atoms with Gasteiger partial charge >= 0.3 is 0 Å². The summed E-state index contributed by atoms with van der Waals surface area (Å²) in [6.07, 6.45) is 2.14. The predicted molar refractivity (Wildman–Crippen MR) is 103 cm³/mol. The van der Waals surface area contributed by atoms with Crippen molar-refractivity contribution in [3.8, 4) is 0 Å². The second kappa shape index (κ2) is 8.15. The molecule has 0 spiro atoms. The van der Waals surface area contributed by atoms with Crippen LogP contribution in [0, 0.1) is 5.92 Å². The van der Waals surface area contributed by atoms with Crippen LogP contribution in [0.4, 0.5) is 5.69 Å². The van der Waals surface area contributed by atoms with Crippen molar-refractivity contribution in [3.05, 3.63) is 65.7 Å². The lowest BCUT2D eigenvalue weighted by molar-refractivity contribution is -0.120. The molecule has 1 fully saturated rings. The van der Waals surface area contributed by atoms with Crippen LogP contribution in [0.5, 0.6) is 0 Å². The summed E-state index contributed by atoms with van der Waals surface area (Å²) in [6, 6.07) is 16.3. The Morgan fingerprint density at radius 1 is 1.00 bits per heavy atom. The smallest absolute Gasteiger partial charge is 0.253 e. The fourth-order valence-corrected chi connectivity index (χ4v) is 3.18. The Hall–Kier alpha value is -2.66.